The minimum atomic E-state index is -4.40. The summed E-state index contributed by atoms with van der Waals surface area (Å²) >= 11 is 1.24. The highest BCUT2D eigenvalue weighted by Gasteiger charge is 2.28. The lowest BCUT2D eigenvalue weighted by Gasteiger charge is -2.15. The van der Waals surface area contributed by atoms with Crippen LogP contribution >= 0.6 is 11.3 Å². The Bertz CT molecular complexity index is 431. The number of halogens is 3. The van der Waals surface area contributed by atoms with E-state index in [0.29, 0.717) is 4.88 Å². The molecule has 106 valence electrons. The Kier molecular flexibility index (Phi) is 5.34. The van der Waals surface area contributed by atoms with Crippen molar-refractivity contribution in [3.63, 3.8) is 0 Å². The van der Waals surface area contributed by atoms with Gasteiger partial charge in [-0.05, 0) is 11.4 Å². The smallest absolute Gasteiger partial charge is 0.389 e. The summed E-state index contributed by atoms with van der Waals surface area (Å²) in [5.41, 5.74) is 0. The van der Waals surface area contributed by atoms with Crippen molar-refractivity contribution in [2.24, 2.45) is 0 Å². The first-order valence-electron chi connectivity index (χ1n) is 5.39. The number of rotatable bonds is 6. The van der Waals surface area contributed by atoms with Gasteiger partial charge in [0.05, 0.1) is 18.9 Å². The molecule has 1 rings (SSSR count). The Morgan fingerprint density at radius 1 is 1.42 bits per heavy atom. The number of amides is 1. The lowest BCUT2D eigenvalue weighted by molar-refractivity contribution is -0.145. The van der Waals surface area contributed by atoms with Gasteiger partial charge in [0.1, 0.15) is 0 Å². The molecule has 0 aliphatic heterocycles. The van der Waals surface area contributed by atoms with Crippen molar-refractivity contribution in [1.82, 2.24) is 5.32 Å². The van der Waals surface area contributed by atoms with Gasteiger partial charge in [0.15, 0.2) is 0 Å². The minimum absolute atomic E-state index is 0.363. The van der Waals surface area contributed by atoms with Gasteiger partial charge in [-0.15, -0.1) is 11.3 Å². The van der Waals surface area contributed by atoms with Crippen LogP contribution in [0, 0.1) is 0 Å². The van der Waals surface area contributed by atoms with E-state index in [2.05, 4.69) is 5.32 Å². The SMILES string of the molecule is O=C(O)C[C@H](NC(=O)CCC(F)(F)F)c1cccs1. The summed E-state index contributed by atoms with van der Waals surface area (Å²) in [5, 5.41) is 12.7. The van der Waals surface area contributed by atoms with Crippen molar-refractivity contribution in [3.8, 4) is 0 Å². The third-order valence-electron chi connectivity index (χ3n) is 2.24. The second kappa shape index (κ2) is 6.55. The third kappa shape index (κ3) is 6.23. The van der Waals surface area contributed by atoms with Crippen molar-refractivity contribution >= 4 is 23.2 Å². The first-order chi connectivity index (χ1) is 8.78. The molecule has 0 saturated carbocycles. The number of thiophene rings is 1. The summed E-state index contributed by atoms with van der Waals surface area (Å²) in [6.45, 7) is 0. The van der Waals surface area contributed by atoms with Gasteiger partial charge in [0, 0.05) is 11.3 Å². The molecule has 1 atom stereocenters. The van der Waals surface area contributed by atoms with E-state index in [0.717, 1.165) is 0 Å². The van der Waals surface area contributed by atoms with Crippen molar-refractivity contribution in [3.05, 3.63) is 22.4 Å². The molecule has 0 unspecified atom stereocenters. The molecule has 0 radical (unpaired) electrons. The predicted octanol–water partition coefficient (Wildman–Crippen LogP) is 2.72. The number of hydrogen-bond donors (Lipinski definition) is 2. The molecule has 1 amide bonds. The van der Waals surface area contributed by atoms with E-state index in [1.54, 1.807) is 17.5 Å². The average molecular weight is 295 g/mol. The molecule has 0 aliphatic rings. The number of nitrogens with one attached hydrogen (secondary N) is 1. The van der Waals surface area contributed by atoms with Crippen LogP contribution in [0.25, 0.3) is 0 Å². The average Bonchev–Trinajstić information content (AvgIpc) is 2.77. The Morgan fingerprint density at radius 3 is 2.58 bits per heavy atom. The number of hydrogen-bond acceptors (Lipinski definition) is 3. The maximum Gasteiger partial charge on any atom is 0.389 e. The van der Waals surface area contributed by atoms with Crippen molar-refractivity contribution in [2.75, 3.05) is 0 Å². The van der Waals surface area contributed by atoms with E-state index in [9.17, 15) is 22.8 Å². The van der Waals surface area contributed by atoms with Crippen LogP contribution in [-0.2, 0) is 9.59 Å². The van der Waals surface area contributed by atoms with E-state index in [1.165, 1.54) is 11.3 Å². The molecule has 2 N–H and O–H groups in total. The molecule has 0 bridgehead atoms. The first-order valence-corrected chi connectivity index (χ1v) is 6.27. The van der Waals surface area contributed by atoms with Gasteiger partial charge in [-0.3, -0.25) is 9.59 Å². The highest BCUT2D eigenvalue weighted by molar-refractivity contribution is 7.10. The van der Waals surface area contributed by atoms with Gasteiger partial charge < -0.3 is 10.4 Å². The number of carboxylic acid groups (broad SMARTS) is 1. The van der Waals surface area contributed by atoms with E-state index < -0.39 is 36.9 Å². The largest absolute Gasteiger partial charge is 0.481 e. The van der Waals surface area contributed by atoms with Gasteiger partial charge in [0.25, 0.3) is 0 Å². The normalized spacial score (nSPS) is 13.0. The maximum atomic E-state index is 12.0. The topological polar surface area (TPSA) is 66.4 Å². The van der Waals surface area contributed by atoms with Crippen LogP contribution in [0.2, 0.25) is 0 Å². The minimum Gasteiger partial charge on any atom is -0.481 e. The van der Waals surface area contributed by atoms with Gasteiger partial charge in [-0.2, -0.15) is 13.2 Å². The summed E-state index contributed by atoms with van der Waals surface area (Å²) in [7, 11) is 0. The molecule has 1 aromatic heterocycles. The van der Waals surface area contributed by atoms with Crippen LogP contribution < -0.4 is 5.32 Å². The Balaban J connectivity index is 2.58. The lowest BCUT2D eigenvalue weighted by Crippen LogP contribution is -2.30. The Morgan fingerprint density at radius 2 is 2.11 bits per heavy atom. The summed E-state index contributed by atoms with van der Waals surface area (Å²) in [6.07, 6.45) is -6.69. The quantitative estimate of drug-likeness (QED) is 0.848. The second-order valence-corrected chi connectivity index (χ2v) is 4.83. The fourth-order valence-corrected chi connectivity index (χ4v) is 2.19. The summed E-state index contributed by atoms with van der Waals surface area (Å²) < 4.78 is 35.9. The van der Waals surface area contributed by atoms with Crippen LogP contribution in [-0.4, -0.2) is 23.2 Å². The number of alkyl halides is 3. The zero-order valence-corrected chi connectivity index (χ0v) is 10.6. The molecule has 0 aromatic carbocycles. The Labute approximate surface area is 111 Å². The van der Waals surface area contributed by atoms with Crippen LogP contribution in [0.4, 0.5) is 13.2 Å². The van der Waals surface area contributed by atoms with Crippen molar-refractivity contribution < 1.29 is 27.9 Å². The summed E-state index contributed by atoms with van der Waals surface area (Å²) in [5.74, 6) is -1.94. The summed E-state index contributed by atoms with van der Waals surface area (Å²) in [4.78, 5) is 22.7. The molecule has 0 fully saturated rings. The van der Waals surface area contributed by atoms with E-state index in [-0.39, 0.29) is 6.42 Å². The molecule has 1 aromatic rings. The molecule has 8 heteroatoms. The molecule has 0 aliphatic carbocycles. The van der Waals surface area contributed by atoms with Gasteiger partial charge >= 0.3 is 12.1 Å². The fraction of sp³-hybridized carbons (Fsp3) is 0.455. The zero-order chi connectivity index (χ0) is 14.5. The van der Waals surface area contributed by atoms with Crippen LogP contribution in [0.15, 0.2) is 17.5 Å². The van der Waals surface area contributed by atoms with Crippen LogP contribution in [0.3, 0.4) is 0 Å². The second-order valence-electron chi connectivity index (χ2n) is 3.85. The lowest BCUT2D eigenvalue weighted by atomic mass is 10.1. The standard InChI is InChI=1S/C11H12F3NO3S/c12-11(13,14)4-3-9(16)15-7(6-10(17)18)8-2-1-5-19-8/h1-2,5,7H,3-4,6H2,(H,15,16)(H,17,18)/t7-/m0/s1. The molecule has 4 nitrogen and oxygen atoms in total. The highest BCUT2D eigenvalue weighted by atomic mass is 32.1. The monoisotopic (exact) mass is 295 g/mol. The van der Waals surface area contributed by atoms with E-state index >= 15 is 0 Å². The molecule has 0 saturated heterocycles. The molecular weight excluding hydrogens is 283 g/mol. The number of carbonyl (C=O) groups excluding carboxylic acids is 1. The number of carbonyl (C=O) groups is 2. The van der Waals surface area contributed by atoms with E-state index in [4.69, 9.17) is 5.11 Å². The molecule has 1 heterocycles. The predicted molar refractivity (Wildman–Crippen MR) is 62.7 cm³/mol. The number of carboxylic acids is 1. The number of aliphatic carboxylic acids is 1. The molecule has 19 heavy (non-hydrogen) atoms. The maximum absolute atomic E-state index is 12.0. The van der Waals surface area contributed by atoms with Gasteiger partial charge in [-0.25, -0.2) is 0 Å². The first kappa shape index (κ1) is 15.5. The van der Waals surface area contributed by atoms with Crippen molar-refractivity contribution in [1.29, 1.82) is 0 Å². The van der Waals surface area contributed by atoms with Crippen LogP contribution in [0.1, 0.15) is 30.2 Å². The third-order valence-corrected chi connectivity index (χ3v) is 3.22. The Hall–Kier alpha value is -1.57. The van der Waals surface area contributed by atoms with Gasteiger partial charge in [0.2, 0.25) is 5.91 Å². The zero-order valence-electron chi connectivity index (χ0n) is 9.74. The van der Waals surface area contributed by atoms with E-state index in [1.807, 2.05) is 0 Å². The van der Waals surface area contributed by atoms with Crippen molar-refractivity contribution in [2.45, 2.75) is 31.5 Å². The van der Waals surface area contributed by atoms with Crippen LogP contribution in [0.5, 0.6) is 0 Å². The highest BCUT2D eigenvalue weighted by Crippen LogP contribution is 2.24. The molecular formula is C11H12F3NO3S. The summed E-state index contributed by atoms with van der Waals surface area (Å²) in [6, 6.07) is 2.51. The fourth-order valence-electron chi connectivity index (χ4n) is 1.41. The molecule has 0 spiro atoms. The van der Waals surface area contributed by atoms with Gasteiger partial charge in [-0.1, -0.05) is 6.07 Å².